The van der Waals surface area contributed by atoms with E-state index in [2.05, 4.69) is 64.2 Å². The number of hydrogen-bond acceptors (Lipinski definition) is 5. The van der Waals surface area contributed by atoms with E-state index in [1.807, 2.05) is 6.92 Å². The third-order valence-corrected chi connectivity index (χ3v) is 5.10. The van der Waals surface area contributed by atoms with Crippen LogP contribution in [-0.2, 0) is 13.0 Å². The molecule has 3 rings (SSSR count). The van der Waals surface area contributed by atoms with Crippen molar-refractivity contribution in [1.29, 1.82) is 0 Å². The topological polar surface area (TPSA) is 45.4 Å². The highest BCUT2D eigenvalue weighted by atomic mass is 16.5. The fourth-order valence-corrected chi connectivity index (χ4v) is 3.49. The van der Waals surface area contributed by atoms with Gasteiger partial charge in [0.2, 0.25) is 5.89 Å². The number of rotatable bonds is 7. The summed E-state index contributed by atoms with van der Waals surface area (Å²) in [6, 6.07) is 12.0. The smallest absolute Gasteiger partial charge is 0.223 e. The second kappa shape index (κ2) is 7.90. The zero-order valence-electron chi connectivity index (χ0n) is 15.0. The minimum Gasteiger partial charge on any atom is -0.340 e. The molecule has 1 aromatic carbocycles. The normalized spacial score (nSPS) is 19.9. The fraction of sp³-hybridized carbons (Fsp3) is 0.579. The van der Waals surface area contributed by atoms with E-state index in [4.69, 9.17) is 4.52 Å². The lowest BCUT2D eigenvalue weighted by Gasteiger charge is -2.27. The SMILES string of the molecule is Cc1nc(CN(C)C2CCN(C(C)CCc3ccccc3)C2)no1. The molecule has 2 heterocycles. The van der Waals surface area contributed by atoms with E-state index in [9.17, 15) is 0 Å². The van der Waals surface area contributed by atoms with Crippen LogP contribution in [0.2, 0.25) is 0 Å². The van der Waals surface area contributed by atoms with Crippen LogP contribution in [-0.4, -0.2) is 52.2 Å². The molecule has 1 fully saturated rings. The maximum Gasteiger partial charge on any atom is 0.223 e. The summed E-state index contributed by atoms with van der Waals surface area (Å²) in [5.41, 5.74) is 1.43. The Kier molecular flexibility index (Phi) is 5.63. The van der Waals surface area contributed by atoms with Gasteiger partial charge in [-0.25, -0.2) is 0 Å². The molecule has 0 radical (unpaired) electrons. The average molecular weight is 328 g/mol. The van der Waals surface area contributed by atoms with Gasteiger partial charge in [0.1, 0.15) is 0 Å². The van der Waals surface area contributed by atoms with Crippen molar-refractivity contribution in [3.63, 3.8) is 0 Å². The Hall–Kier alpha value is -1.72. The molecule has 0 N–H and O–H groups in total. The first-order chi connectivity index (χ1) is 11.6. The van der Waals surface area contributed by atoms with E-state index < -0.39 is 0 Å². The molecule has 24 heavy (non-hydrogen) atoms. The van der Waals surface area contributed by atoms with Gasteiger partial charge in [-0.05, 0) is 38.8 Å². The molecule has 0 bridgehead atoms. The molecule has 1 saturated heterocycles. The molecular formula is C19H28N4O. The lowest BCUT2D eigenvalue weighted by atomic mass is 10.1. The number of aryl methyl sites for hydroxylation is 2. The number of nitrogens with zero attached hydrogens (tertiary/aromatic N) is 4. The van der Waals surface area contributed by atoms with E-state index in [0.29, 0.717) is 18.0 Å². The molecule has 0 aliphatic carbocycles. The molecule has 2 aromatic rings. The van der Waals surface area contributed by atoms with Gasteiger partial charge in [-0.3, -0.25) is 9.80 Å². The zero-order valence-corrected chi connectivity index (χ0v) is 15.0. The van der Waals surface area contributed by atoms with Crippen LogP contribution in [0.3, 0.4) is 0 Å². The highest BCUT2D eigenvalue weighted by Crippen LogP contribution is 2.20. The van der Waals surface area contributed by atoms with Crippen LogP contribution in [0.25, 0.3) is 0 Å². The Morgan fingerprint density at radius 3 is 2.83 bits per heavy atom. The van der Waals surface area contributed by atoms with Crippen LogP contribution in [0.15, 0.2) is 34.9 Å². The highest BCUT2D eigenvalue weighted by molar-refractivity contribution is 5.14. The summed E-state index contributed by atoms with van der Waals surface area (Å²) in [5, 5.41) is 4.00. The minimum absolute atomic E-state index is 0.572. The Bertz CT molecular complexity index is 627. The van der Waals surface area contributed by atoms with Crippen molar-refractivity contribution in [2.75, 3.05) is 20.1 Å². The van der Waals surface area contributed by atoms with Gasteiger partial charge in [-0.15, -0.1) is 0 Å². The summed E-state index contributed by atoms with van der Waals surface area (Å²) in [7, 11) is 2.16. The third-order valence-electron chi connectivity index (χ3n) is 5.10. The number of likely N-dealkylation sites (N-methyl/N-ethyl adjacent to an activating group) is 1. The highest BCUT2D eigenvalue weighted by Gasteiger charge is 2.28. The lowest BCUT2D eigenvalue weighted by molar-refractivity contribution is 0.194. The van der Waals surface area contributed by atoms with E-state index >= 15 is 0 Å². The van der Waals surface area contributed by atoms with Crippen LogP contribution < -0.4 is 0 Å². The number of aromatic nitrogens is 2. The number of likely N-dealkylation sites (tertiary alicyclic amines) is 1. The van der Waals surface area contributed by atoms with Crippen molar-refractivity contribution in [2.24, 2.45) is 0 Å². The molecule has 0 amide bonds. The van der Waals surface area contributed by atoms with E-state index in [0.717, 1.165) is 25.3 Å². The molecule has 0 saturated carbocycles. The first-order valence-corrected chi connectivity index (χ1v) is 8.89. The van der Waals surface area contributed by atoms with E-state index in [-0.39, 0.29) is 0 Å². The summed E-state index contributed by atoms with van der Waals surface area (Å²) in [6.45, 7) is 7.25. The molecule has 5 heteroatoms. The molecule has 1 aliphatic rings. The lowest BCUT2D eigenvalue weighted by Crippen LogP contribution is -2.37. The largest absolute Gasteiger partial charge is 0.340 e. The Balaban J connectivity index is 1.45. The van der Waals surface area contributed by atoms with Crippen molar-refractivity contribution >= 4 is 0 Å². The van der Waals surface area contributed by atoms with Crippen molar-refractivity contribution in [1.82, 2.24) is 19.9 Å². The second-order valence-electron chi connectivity index (χ2n) is 6.96. The molecule has 0 spiro atoms. The molecule has 1 aromatic heterocycles. The van der Waals surface area contributed by atoms with Gasteiger partial charge in [0.05, 0.1) is 6.54 Å². The number of hydrogen-bond donors (Lipinski definition) is 0. The maximum absolute atomic E-state index is 5.06. The summed E-state index contributed by atoms with van der Waals surface area (Å²) in [5.74, 6) is 1.42. The fourth-order valence-electron chi connectivity index (χ4n) is 3.49. The van der Waals surface area contributed by atoms with Crippen molar-refractivity contribution < 1.29 is 4.52 Å². The zero-order chi connectivity index (χ0) is 16.9. The second-order valence-corrected chi connectivity index (χ2v) is 6.96. The minimum atomic E-state index is 0.572. The Morgan fingerprint density at radius 1 is 1.33 bits per heavy atom. The standard InChI is InChI=1S/C19H28N4O/c1-15(9-10-17-7-5-4-6-8-17)23-12-11-18(13-23)22(3)14-19-20-16(2)24-21-19/h4-8,15,18H,9-14H2,1-3H3. The first kappa shape index (κ1) is 17.1. The third kappa shape index (κ3) is 4.42. The van der Waals surface area contributed by atoms with Gasteiger partial charge in [0.25, 0.3) is 0 Å². The van der Waals surface area contributed by atoms with Gasteiger partial charge in [0.15, 0.2) is 5.82 Å². The molecule has 5 nitrogen and oxygen atoms in total. The van der Waals surface area contributed by atoms with Gasteiger partial charge < -0.3 is 4.52 Å². The van der Waals surface area contributed by atoms with E-state index in [1.165, 1.54) is 24.9 Å². The van der Waals surface area contributed by atoms with Crippen LogP contribution in [0.1, 0.15) is 37.0 Å². The predicted molar refractivity (Wildman–Crippen MR) is 94.7 cm³/mol. The molecule has 1 aliphatic heterocycles. The quantitative estimate of drug-likeness (QED) is 0.782. The molecule has 2 unspecified atom stereocenters. The monoisotopic (exact) mass is 328 g/mol. The maximum atomic E-state index is 5.06. The van der Waals surface area contributed by atoms with Crippen molar-refractivity contribution in [3.8, 4) is 0 Å². The van der Waals surface area contributed by atoms with Crippen LogP contribution in [0.5, 0.6) is 0 Å². The summed E-state index contributed by atoms with van der Waals surface area (Å²) in [6.07, 6.45) is 3.58. The Labute approximate surface area is 144 Å². The summed E-state index contributed by atoms with van der Waals surface area (Å²) < 4.78 is 5.06. The van der Waals surface area contributed by atoms with Crippen LogP contribution in [0, 0.1) is 6.92 Å². The van der Waals surface area contributed by atoms with Gasteiger partial charge in [-0.2, -0.15) is 4.98 Å². The predicted octanol–water partition coefficient (Wildman–Crippen LogP) is 2.91. The van der Waals surface area contributed by atoms with E-state index in [1.54, 1.807) is 0 Å². The van der Waals surface area contributed by atoms with Crippen LogP contribution in [0.4, 0.5) is 0 Å². The number of benzene rings is 1. The molecular weight excluding hydrogens is 300 g/mol. The van der Waals surface area contributed by atoms with Crippen LogP contribution >= 0.6 is 0 Å². The summed E-state index contributed by atoms with van der Waals surface area (Å²) >= 11 is 0. The van der Waals surface area contributed by atoms with Crippen molar-refractivity contribution in [2.45, 2.75) is 51.7 Å². The molecule has 130 valence electrons. The van der Waals surface area contributed by atoms with Crippen molar-refractivity contribution in [3.05, 3.63) is 47.6 Å². The first-order valence-electron chi connectivity index (χ1n) is 8.89. The average Bonchev–Trinajstić information content (AvgIpc) is 3.23. The van der Waals surface area contributed by atoms with Gasteiger partial charge in [0, 0.05) is 32.1 Å². The van der Waals surface area contributed by atoms with Gasteiger partial charge in [-0.1, -0.05) is 35.5 Å². The van der Waals surface area contributed by atoms with Gasteiger partial charge >= 0.3 is 0 Å². The Morgan fingerprint density at radius 2 is 2.12 bits per heavy atom. The summed E-state index contributed by atoms with van der Waals surface area (Å²) in [4.78, 5) is 9.28. The molecule has 2 atom stereocenters.